The Morgan fingerprint density at radius 3 is 2.76 bits per heavy atom. The Labute approximate surface area is 129 Å². The SMILES string of the molecule is CC(C)(C)CNC(=O)NCCc1cn2cc(Cl)ccc2n1. The number of pyridine rings is 1. The third-order valence-corrected chi connectivity index (χ3v) is 3.13. The van der Waals surface area contributed by atoms with Crippen molar-refractivity contribution in [3.63, 3.8) is 0 Å². The molecule has 21 heavy (non-hydrogen) atoms. The number of urea groups is 1. The molecule has 0 spiro atoms. The summed E-state index contributed by atoms with van der Waals surface area (Å²) in [6.45, 7) is 7.43. The van der Waals surface area contributed by atoms with Crippen molar-refractivity contribution in [1.82, 2.24) is 20.0 Å². The number of hydrogen-bond acceptors (Lipinski definition) is 2. The average Bonchev–Trinajstić information content (AvgIpc) is 2.77. The van der Waals surface area contributed by atoms with Gasteiger partial charge in [-0.1, -0.05) is 32.4 Å². The zero-order valence-corrected chi connectivity index (χ0v) is 13.4. The molecule has 114 valence electrons. The molecule has 0 aliphatic carbocycles. The van der Waals surface area contributed by atoms with E-state index in [2.05, 4.69) is 36.4 Å². The second kappa shape index (κ2) is 6.35. The number of nitrogens with zero attached hydrogens (tertiary/aromatic N) is 2. The maximum Gasteiger partial charge on any atom is 0.314 e. The van der Waals surface area contributed by atoms with E-state index in [0.717, 1.165) is 11.3 Å². The first-order chi connectivity index (χ1) is 9.83. The second-order valence-electron chi connectivity index (χ2n) is 6.27. The largest absolute Gasteiger partial charge is 0.338 e. The lowest BCUT2D eigenvalue weighted by atomic mass is 9.97. The molecule has 5 nitrogen and oxygen atoms in total. The molecule has 2 N–H and O–H groups in total. The van der Waals surface area contributed by atoms with E-state index in [4.69, 9.17) is 11.6 Å². The van der Waals surface area contributed by atoms with Gasteiger partial charge < -0.3 is 15.0 Å². The maximum atomic E-state index is 11.6. The van der Waals surface area contributed by atoms with E-state index in [1.165, 1.54) is 0 Å². The van der Waals surface area contributed by atoms with Crippen LogP contribution in [0.25, 0.3) is 5.65 Å². The monoisotopic (exact) mass is 308 g/mol. The molecular weight excluding hydrogens is 288 g/mol. The summed E-state index contributed by atoms with van der Waals surface area (Å²) in [7, 11) is 0. The standard InChI is InChI=1S/C15H21ClN4O/c1-15(2,3)10-18-14(21)17-7-6-12-9-20-8-11(16)4-5-13(20)19-12/h4-5,8-9H,6-7,10H2,1-3H3,(H2,17,18,21). The van der Waals surface area contributed by atoms with Crippen LogP contribution in [0.1, 0.15) is 26.5 Å². The number of fused-ring (bicyclic) bond motifs is 1. The van der Waals surface area contributed by atoms with Crippen LogP contribution in [-0.4, -0.2) is 28.5 Å². The van der Waals surface area contributed by atoms with Gasteiger partial charge in [0.1, 0.15) is 5.65 Å². The molecule has 0 bridgehead atoms. The highest BCUT2D eigenvalue weighted by molar-refractivity contribution is 6.30. The van der Waals surface area contributed by atoms with Gasteiger partial charge in [-0.05, 0) is 17.5 Å². The Bertz CT molecular complexity index is 630. The second-order valence-corrected chi connectivity index (χ2v) is 6.70. The van der Waals surface area contributed by atoms with Gasteiger partial charge in [0, 0.05) is 31.9 Å². The topological polar surface area (TPSA) is 58.4 Å². The zero-order valence-electron chi connectivity index (χ0n) is 12.6. The first kappa shape index (κ1) is 15.6. The summed E-state index contributed by atoms with van der Waals surface area (Å²) in [4.78, 5) is 16.1. The van der Waals surface area contributed by atoms with E-state index in [9.17, 15) is 4.79 Å². The van der Waals surface area contributed by atoms with Gasteiger partial charge in [0.15, 0.2) is 0 Å². The molecule has 0 aliphatic rings. The Balaban J connectivity index is 1.81. The predicted octanol–water partition coefficient (Wildman–Crippen LogP) is 2.88. The highest BCUT2D eigenvalue weighted by atomic mass is 35.5. The van der Waals surface area contributed by atoms with E-state index in [0.29, 0.717) is 24.5 Å². The van der Waals surface area contributed by atoms with Crippen LogP contribution in [0, 0.1) is 5.41 Å². The fourth-order valence-corrected chi connectivity index (χ4v) is 2.02. The van der Waals surface area contributed by atoms with Crippen molar-refractivity contribution in [2.75, 3.05) is 13.1 Å². The van der Waals surface area contributed by atoms with E-state index < -0.39 is 0 Å². The minimum Gasteiger partial charge on any atom is -0.338 e. The number of nitrogens with one attached hydrogen (secondary N) is 2. The van der Waals surface area contributed by atoms with Crippen molar-refractivity contribution < 1.29 is 4.79 Å². The molecule has 2 heterocycles. The van der Waals surface area contributed by atoms with Gasteiger partial charge in [-0.2, -0.15) is 0 Å². The summed E-state index contributed by atoms with van der Waals surface area (Å²) in [6.07, 6.45) is 4.43. The number of hydrogen-bond donors (Lipinski definition) is 2. The molecule has 0 aromatic carbocycles. The summed E-state index contributed by atoms with van der Waals surface area (Å²) >= 11 is 5.93. The van der Waals surface area contributed by atoms with Crippen LogP contribution in [0.15, 0.2) is 24.5 Å². The maximum absolute atomic E-state index is 11.6. The van der Waals surface area contributed by atoms with Gasteiger partial charge in [0.2, 0.25) is 0 Å². The highest BCUT2D eigenvalue weighted by Gasteiger charge is 2.11. The van der Waals surface area contributed by atoms with Crippen LogP contribution in [0.4, 0.5) is 4.79 Å². The lowest BCUT2D eigenvalue weighted by Crippen LogP contribution is -2.40. The number of amides is 2. The quantitative estimate of drug-likeness (QED) is 0.912. The Morgan fingerprint density at radius 1 is 1.29 bits per heavy atom. The molecule has 2 aromatic heterocycles. The van der Waals surface area contributed by atoms with Crippen LogP contribution < -0.4 is 10.6 Å². The van der Waals surface area contributed by atoms with Gasteiger partial charge in [-0.15, -0.1) is 0 Å². The molecule has 0 saturated heterocycles. The Hall–Kier alpha value is -1.75. The van der Waals surface area contributed by atoms with Gasteiger partial charge in [0.05, 0.1) is 10.7 Å². The van der Waals surface area contributed by atoms with Crippen LogP contribution >= 0.6 is 11.6 Å². The molecule has 0 aliphatic heterocycles. The summed E-state index contributed by atoms with van der Waals surface area (Å²) in [5, 5.41) is 6.36. The van der Waals surface area contributed by atoms with E-state index in [-0.39, 0.29) is 11.4 Å². The molecule has 2 rings (SSSR count). The third kappa shape index (κ3) is 4.93. The van der Waals surface area contributed by atoms with Crippen molar-refractivity contribution in [2.45, 2.75) is 27.2 Å². The molecule has 0 fully saturated rings. The first-order valence-electron chi connectivity index (χ1n) is 6.98. The lowest BCUT2D eigenvalue weighted by molar-refractivity contribution is 0.235. The molecular formula is C15H21ClN4O. The van der Waals surface area contributed by atoms with Gasteiger partial charge >= 0.3 is 6.03 Å². The van der Waals surface area contributed by atoms with E-state index >= 15 is 0 Å². The fourth-order valence-electron chi connectivity index (χ4n) is 1.85. The fraction of sp³-hybridized carbons (Fsp3) is 0.467. The zero-order chi connectivity index (χ0) is 15.5. The highest BCUT2D eigenvalue weighted by Crippen LogP contribution is 2.12. The molecule has 6 heteroatoms. The predicted molar refractivity (Wildman–Crippen MR) is 84.8 cm³/mol. The van der Waals surface area contributed by atoms with Crippen LogP contribution in [0.5, 0.6) is 0 Å². The number of carbonyl (C=O) groups excluding carboxylic acids is 1. The van der Waals surface area contributed by atoms with Crippen LogP contribution in [0.3, 0.4) is 0 Å². The third-order valence-electron chi connectivity index (χ3n) is 2.91. The number of imidazole rings is 1. The number of rotatable bonds is 4. The first-order valence-corrected chi connectivity index (χ1v) is 7.36. The number of aromatic nitrogens is 2. The lowest BCUT2D eigenvalue weighted by Gasteiger charge is -2.18. The minimum absolute atomic E-state index is 0.0816. The average molecular weight is 309 g/mol. The Kier molecular flexibility index (Phi) is 4.73. The summed E-state index contributed by atoms with van der Waals surface area (Å²) in [5.74, 6) is 0. The van der Waals surface area contributed by atoms with E-state index in [1.807, 2.05) is 28.9 Å². The summed E-state index contributed by atoms with van der Waals surface area (Å²) in [6, 6.07) is 3.54. The van der Waals surface area contributed by atoms with Crippen LogP contribution in [0.2, 0.25) is 5.02 Å². The summed E-state index contributed by atoms with van der Waals surface area (Å²) in [5.41, 5.74) is 1.86. The molecule has 0 saturated carbocycles. The van der Waals surface area contributed by atoms with Gasteiger partial charge in [-0.25, -0.2) is 9.78 Å². The van der Waals surface area contributed by atoms with Crippen molar-refractivity contribution >= 4 is 23.3 Å². The number of halogens is 1. The normalized spacial score (nSPS) is 11.6. The molecule has 0 radical (unpaired) electrons. The Morgan fingerprint density at radius 2 is 2.05 bits per heavy atom. The van der Waals surface area contributed by atoms with Crippen molar-refractivity contribution in [3.8, 4) is 0 Å². The van der Waals surface area contributed by atoms with Crippen molar-refractivity contribution in [1.29, 1.82) is 0 Å². The smallest absolute Gasteiger partial charge is 0.314 e. The van der Waals surface area contributed by atoms with Crippen molar-refractivity contribution in [3.05, 3.63) is 35.2 Å². The van der Waals surface area contributed by atoms with Gasteiger partial charge in [-0.3, -0.25) is 0 Å². The molecule has 0 unspecified atom stereocenters. The van der Waals surface area contributed by atoms with Crippen molar-refractivity contribution in [2.24, 2.45) is 5.41 Å². The van der Waals surface area contributed by atoms with Gasteiger partial charge in [0.25, 0.3) is 0 Å². The summed E-state index contributed by atoms with van der Waals surface area (Å²) < 4.78 is 1.89. The molecule has 2 amide bonds. The van der Waals surface area contributed by atoms with Crippen LogP contribution in [-0.2, 0) is 6.42 Å². The minimum atomic E-state index is -0.142. The van der Waals surface area contributed by atoms with E-state index in [1.54, 1.807) is 0 Å². The molecule has 2 aromatic rings. The molecule has 0 atom stereocenters. The number of carbonyl (C=O) groups is 1.